The number of carbonyl (C=O) groups excluding carboxylic acids is 2. The molecule has 1 amide bonds. The fourth-order valence-corrected chi connectivity index (χ4v) is 2.32. The zero-order valence-electron chi connectivity index (χ0n) is 12.6. The molecular formula is C18H18ClNO2. The first-order chi connectivity index (χ1) is 10.4. The van der Waals surface area contributed by atoms with Gasteiger partial charge in [0.1, 0.15) is 6.29 Å². The fourth-order valence-electron chi connectivity index (χ4n) is 2.13. The molecule has 2 aromatic carbocycles. The zero-order valence-corrected chi connectivity index (χ0v) is 13.4. The normalized spacial score (nSPS) is 11.0. The molecule has 1 N–H and O–H groups in total. The van der Waals surface area contributed by atoms with Crippen molar-refractivity contribution in [3.8, 4) is 0 Å². The Morgan fingerprint density at radius 3 is 2.45 bits per heavy atom. The summed E-state index contributed by atoms with van der Waals surface area (Å²) in [6.07, 6.45) is 0.754. The van der Waals surface area contributed by atoms with Crippen LogP contribution < -0.4 is 5.32 Å². The van der Waals surface area contributed by atoms with Gasteiger partial charge in [-0.05, 0) is 29.8 Å². The predicted molar refractivity (Wildman–Crippen MR) is 88.6 cm³/mol. The number of benzene rings is 2. The molecule has 0 aliphatic heterocycles. The molecule has 0 saturated heterocycles. The van der Waals surface area contributed by atoms with Crippen LogP contribution >= 0.6 is 11.6 Å². The second-order valence-electron chi connectivity index (χ2n) is 5.82. The average Bonchev–Trinajstić information content (AvgIpc) is 2.53. The molecule has 0 heterocycles. The Morgan fingerprint density at radius 2 is 1.86 bits per heavy atom. The monoisotopic (exact) mass is 315 g/mol. The van der Waals surface area contributed by atoms with Crippen LogP contribution in [0.2, 0.25) is 5.02 Å². The van der Waals surface area contributed by atoms with Crippen molar-refractivity contribution in [3.63, 3.8) is 0 Å². The Kier molecular flexibility index (Phi) is 4.99. The van der Waals surface area contributed by atoms with Crippen LogP contribution in [0.15, 0.2) is 48.5 Å². The third kappa shape index (κ3) is 3.95. The van der Waals surface area contributed by atoms with Gasteiger partial charge in [0.25, 0.3) is 5.91 Å². The Morgan fingerprint density at radius 1 is 1.18 bits per heavy atom. The van der Waals surface area contributed by atoms with Crippen molar-refractivity contribution in [1.29, 1.82) is 0 Å². The smallest absolute Gasteiger partial charge is 0.251 e. The van der Waals surface area contributed by atoms with Crippen molar-refractivity contribution >= 4 is 23.8 Å². The predicted octanol–water partition coefficient (Wildman–Crippen LogP) is 3.86. The molecule has 3 nitrogen and oxygen atoms in total. The van der Waals surface area contributed by atoms with Crippen LogP contribution in [0.5, 0.6) is 0 Å². The number of aldehydes is 1. The topological polar surface area (TPSA) is 46.2 Å². The van der Waals surface area contributed by atoms with Gasteiger partial charge >= 0.3 is 0 Å². The van der Waals surface area contributed by atoms with Gasteiger partial charge in [0, 0.05) is 28.1 Å². The van der Waals surface area contributed by atoms with Crippen LogP contribution in [0.1, 0.15) is 40.1 Å². The minimum absolute atomic E-state index is 0.160. The van der Waals surface area contributed by atoms with Crippen LogP contribution in [-0.4, -0.2) is 18.7 Å². The largest absolute Gasteiger partial charge is 0.351 e. The van der Waals surface area contributed by atoms with Gasteiger partial charge in [-0.15, -0.1) is 0 Å². The number of hydrogen-bond acceptors (Lipinski definition) is 2. The Bertz CT molecular complexity index is 678. The van der Waals surface area contributed by atoms with Crippen LogP contribution in [0.3, 0.4) is 0 Å². The van der Waals surface area contributed by atoms with Gasteiger partial charge in [-0.1, -0.05) is 49.7 Å². The van der Waals surface area contributed by atoms with Crippen molar-refractivity contribution in [3.05, 3.63) is 70.2 Å². The number of rotatable bonds is 5. The Balaban J connectivity index is 2.04. The second kappa shape index (κ2) is 6.75. The lowest BCUT2D eigenvalue weighted by molar-refractivity contribution is 0.0945. The van der Waals surface area contributed by atoms with E-state index in [0.717, 1.165) is 11.8 Å². The summed E-state index contributed by atoms with van der Waals surface area (Å²) in [5.41, 5.74) is 1.92. The minimum atomic E-state index is -0.233. The summed E-state index contributed by atoms with van der Waals surface area (Å²) in [4.78, 5) is 22.8. The van der Waals surface area contributed by atoms with Gasteiger partial charge in [0.2, 0.25) is 0 Å². The van der Waals surface area contributed by atoms with E-state index in [1.54, 1.807) is 24.3 Å². The molecular weight excluding hydrogens is 298 g/mol. The summed E-state index contributed by atoms with van der Waals surface area (Å²) in [6.45, 7) is 4.59. The molecule has 0 saturated carbocycles. The third-order valence-electron chi connectivity index (χ3n) is 3.61. The van der Waals surface area contributed by atoms with E-state index in [9.17, 15) is 9.59 Å². The van der Waals surface area contributed by atoms with Crippen molar-refractivity contribution in [2.75, 3.05) is 6.54 Å². The Labute approximate surface area is 135 Å². The highest BCUT2D eigenvalue weighted by molar-refractivity contribution is 6.30. The number of halogens is 1. The van der Waals surface area contributed by atoms with Crippen molar-refractivity contribution < 1.29 is 9.59 Å². The van der Waals surface area contributed by atoms with Crippen molar-refractivity contribution in [1.82, 2.24) is 5.32 Å². The van der Waals surface area contributed by atoms with Gasteiger partial charge in [-0.25, -0.2) is 0 Å². The molecule has 2 rings (SSSR count). The van der Waals surface area contributed by atoms with E-state index in [4.69, 9.17) is 11.6 Å². The van der Waals surface area contributed by atoms with Gasteiger partial charge in [-0.2, -0.15) is 0 Å². The van der Waals surface area contributed by atoms with E-state index in [1.807, 2.05) is 24.3 Å². The molecule has 0 radical (unpaired) electrons. The Hall–Kier alpha value is -2.13. The van der Waals surface area contributed by atoms with E-state index in [-0.39, 0.29) is 11.3 Å². The lowest BCUT2D eigenvalue weighted by Gasteiger charge is -2.26. The van der Waals surface area contributed by atoms with Crippen molar-refractivity contribution in [2.24, 2.45) is 0 Å². The first-order valence-corrected chi connectivity index (χ1v) is 7.40. The van der Waals surface area contributed by atoms with E-state index < -0.39 is 0 Å². The summed E-state index contributed by atoms with van der Waals surface area (Å²) < 4.78 is 0. The molecule has 0 atom stereocenters. The van der Waals surface area contributed by atoms with Crippen LogP contribution in [-0.2, 0) is 5.41 Å². The van der Waals surface area contributed by atoms with Crippen LogP contribution in [0.25, 0.3) is 0 Å². The highest BCUT2D eigenvalue weighted by Gasteiger charge is 2.22. The molecule has 0 aliphatic rings. The molecule has 0 aromatic heterocycles. The molecule has 0 aliphatic carbocycles. The maximum atomic E-state index is 12.2. The fraction of sp³-hybridized carbons (Fsp3) is 0.222. The SMILES string of the molecule is CC(C)(CNC(=O)c1ccc(C=O)cc1)c1cccc(Cl)c1. The maximum Gasteiger partial charge on any atom is 0.251 e. The first kappa shape index (κ1) is 16.2. The summed E-state index contributed by atoms with van der Waals surface area (Å²) in [6, 6.07) is 14.2. The third-order valence-corrected chi connectivity index (χ3v) is 3.84. The molecule has 2 aromatic rings. The van der Waals surface area contributed by atoms with Crippen LogP contribution in [0.4, 0.5) is 0 Å². The molecule has 0 spiro atoms. The molecule has 22 heavy (non-hydrogen) atoms. The zero-order chi connectivity index (χ0) is 16.2. The van der Waals surface area contributed by atoms with Crippen molar-refractivity contribution in [2.45, 2.75) is 19.3 Å². The summed E-state index contributed by atoms with van der Waals surface area (Å²) >= 11 is 6.02. The highest BCUT2D eigenvalue weighted by atomic mass is 35.5. The van der Waals surface area contributed by atoms with Gasteiger partial charge in [-0.3, -0.25) is 9.59 Å². The van der Waals surface area contributed by atoms with E-state index in [0.29, 0.717) is 22.7 Å². The lowest BCUT2D eigenvalue weighted by Crippen LogP contribution is -2.36. The van der Waals surface area contributed by atoms with E-state index in [1.165, 1.54) is 0 Å². The highest BCUT2D eigenvalue weighted by Crippen LogP contribution is 2.24. The quantitative estimate of drug-likeness (QED) is 0.852. The number of amides is 1. The number of hydrogen-bond donors (Lipinski definition) is 1. The van der Waals surface area contributed by atoms with Crippen LogP contribution in [0, 0.1) is 0 Å². The summed E-state index contributed by atoms with van der Waals surface area (Å²) in [5, 5.41) is 3.61. The molecule has 4 heteroatoms. The average molecular weight is 316 g/mol. The van der Waals surface area contributed by atoms with Gasteiger partial charge in [0.15, 0.2) is 0 Å². The maximum absolute atomic E-state index is 12.2. The molecule has 0 fully saturated rings. The molecule has 0 bridgehead atoms. The molecule has 0 unspecified atom stereocenters. The number of nitrogens with one attached hydrogen (secondary N) is 1. The second-order valence-corrected chi connectivity index (χ2v) is 6.25. The minimum Gasteiger partial charge on any atom is -0.351 e. The summed E-state index contributed by atoms with van der Waals surface area (Å²) in [7, 11) is 0. The molecule has 114 valence electrons. The summed E-state index contributed by atoms with van der Waals surface area (Å²) in [5.74, 6) is -0.160. The van der Waals surface area contributed by atoms with Gasteiger partial charge in [0.05, 0.1) is 0 Å². The van der Waals surface area contributed by atoms with E-state index in [2.05, 4.69) is 19.2 Å². The van der Waals surface area contributed by atoms with Gasteiger partial charge < -0.3 is 5.32 Å². The number of carbonyl (C=O) groups is 2. The standard InChI is InChI=1S/C18H18ClNO2/c1-18(2,15-4-3-5-16(19)10-15)12-20-17(22)14-8-6-13(11-21)7-9-14/h3-11H,12H2,1-2H3,(H,20,22). The van der Waals surface area contributed by atoms with E-state index >= 15 is 0 Å². The lowest BCUT2D eigenvalue weighted by atomic mass is 9.84. The first-order valence-electron chi connectivity index (χ1n) is 7.02.